The molecule has 0 radical (unpaired) electrons. The van der Waals surface area contributed by atoms with E-state index in [2.05, 4.69) is 5.32 Å². The Balaban J connectivity index is 1.79. The molecule has 1 aliphatic heterocycles. The molecule has 4 nitrogen and oxygen atoms in total. The first kappa shape index (κ1) is 14.2. The van der Waals surface area contributed by atoms with E-state index in [1.54, 1.807) is 0 Å². The molecule has 0 unspecified atom stereocenters. The van der Waals surface area contributed by atoms with Gasteiger partial charge in [-0.1, -0.05) is 0 Å². The van der Waals surface area contributed by atoms with Crippen LogP contribution in [-0.2, 0) is 9.59 Å². The molecule has 0 saturated carbocycles. The molecular formula is C16H12F2N2O2. The summed E-state index contributed by atoms with van der Waals surface area (Å²) in [7, 11) is 0. The molecule has 1 N–H and O–H groups in total. The second-order valence-corrected chi connectivity index (χ2v) is 4.95. The van der Waals surface area contributed by atoms with Gasteiger partial charge < -0.3 is 5.32 Å². The van der Waals surface area contributed by atoms with Gasteiger partial charge >= 0.3 is 0 Å². The highest BCUT2D eigenvalue weighted by atomic mass is 19.1. The molecule has 2 aromatic carbocycles. The predicted octanol–water partition coefficient (Wildman–Crippen LogP) is 2.71. The van der Waals surface area contributed by atoms with Crippen LogP contribution in [0.25, 0.3) is 0 Å². The summed E-state index contributed by atoms with van der Waals surface area (Å²) < 4.78 is 25.8. The number of halogens is 2. The van der Waals surface area contributed by atoms with Gasteiger partial charge in [0.25, 0.3) is 5.91 Å². The summed E-state index contributed by atoms with van der Waals surface area (Å²) in [6.07, 6.45) is -0.00636. The van der Waals surface area contributed by atoms with Crippen molar-refractivity contribution in [1.82, 2.24) is 0 Å². The maximum atomic E-state index is 12.9. The number of rotatable bonds is 3. The third-order valence-electron chi connectivity index (χ3n) is 3.42. The van der Waals surface area contributed by atoms with Gasteiger partial charge in [0, 0.05) is 5.69 Å². The van der Waals surface area contributed by atoms with Gasteiger partial charge in [0.15, 0.2) is 0 Å². The Bertz CT molecular complexity index is 714. The van der Waals surface area contributed by atoms with Gasteiger partial charge in [-0.15, -0.1) is 0 Å². The number of benzene rings is 2. The monoisotopic (exact) mass is 302 g/mol. The highest BCUT2D eigenvalue weighted by molar-refractivity contribution is 6.23. The van der Waals surface area contributed by atoms with Crippen LogP contribution < -0.4 is 10.2 Å². The fourth-order valence-corrected chi connectivity index (χ4v) is 2.35. The van der Waals surface area contributed by atoms with Crippen molar-refractivity contribution >= 4 is 23.2 Å². The maximum absolute atomic E-state index is 12.9. The number of carbonyl (C=O) groups excluding carboxylic acids is 2. The van der Waals surface area contributed by atoms with Crippen molar-refractivity contribution in [2.45, 2.75) is 12.5 Å². The van der Waals surface area contributed by atoms with Gasteiger partial charge in [-0.05, 0) is 48.5 Å². The summed E-state index contributed by atoms with van der Waals surface area (Å²) in [5.41, 5.74) is 0.883. The molecule has 1 atom stereocenters. The minimum absolute atomic E-state index is 0.00636. The average molecular weight is 302 g/mol. The zero-order chi connectivity index (χ0) is 15.7. The molecule has 112 valence electrons. The summed E-state index contributed by atoms with van der Waals surface area (Å²) >= 11 is 0. The first-order valence-corrected chi connectivity index (χ1v) is 6.69. The van der Waals surface area contributed by atoms with E-state index in [4.69, 9.17) is 0 Å². The molecule has 0 aliphatic carbocycles. The van der Waals surface area contributed by atoms with Crippen LogP contribution >= 0.6 is 0 Å². The third-order valence-corrected chi connectivity index (χ3v) is 3.42. The van der Waals surface area contributed by atoms with Crippen molar-refractivity contribution in [3.8, 4) is 0 Å². The Kier molecular flexibility index (Phi) is 3.58. The summed E-state index contributed by atoms with van der Waals surface area (Å²) in [4.78, 5) is 25.4. The van der Waals surface area contributed by atoms with Crippen molar-refractivity contribution in [3.05, 3.63) is 60.2 Å². The summed E-state index contributed by atoms with van der Waals surface area (Å²) in [6, 6.07) is 9.94. The molecule has 2 amide bonds. The minimum atomic E-state index is -0.719. The first-order chi connectivity index (χ1) is 10.5. The minimum Gasteiger partial charge on any atom is -0.373 e. The largest absolute Gasteiger partial charge is 0.373 e. The average Bonchev–Trinajstić information content (AvgIpc) is 2.77. The van der Waals surface area contributed by atoms with Crippen molar-refractivity contribution < 1.29 is 18.4 Å². The highest BCUT2D eigenvalue weighted by Gasteiger charge is 2.39. The smallest absolute Gasteiger partial charge is 0.256 e. The zero-order valence-corrected chi connectivity index (χ0v) is 11.4. The molecule has 1 saturated heterocycles. The number of nitrogens with one attached hydrogen (secondary N) is 1. The van der Waals surface area contributed by atoms with E-state index in [1.807, 2.05) is 0 Å². The van der Waals surface area contributed by atoms with E-state index in [-0.39, 0.29) is 18.1 Å². The van der Waals surface area contributed by atoms with Crippen LogP contribution in [0.5, 0.6) is 0 Å². The van der Waals surface area contributed by atoms with E-state index in [0.29, 0.717) is 11.4 Å². The van der Waals surface area contributed by atoms with Gasteiger partial charge in [-0.25, -0.2) is 13.7 Å². The zero-order valence-electron chi connectivity index (χ0n) is 11.4. The molecule has 0 bridgehead atoms. The van der Waals surface area contributed by atoms with Gasteiger partial charge in [-0.3, -0.25) is 9.59 Å². The normalized spacial score (nSPS) is 17.9. The lowest BCUT2D eigenvalue weighted by molar-refractivity contribution is -0.121. The fourth-order valence-electron chi connectivity index (χ4n) is 2.35. The second-order valence-electron chi connectivity index (χ2n) is 4.95. The Morgan fingerprint density at radius 2 is 1.45 bits per heavy atom. The van der Waals surface area contributed by atoms with Crippen molar-refractivity contribution in [2.24, 2.45) is 0 Å². The molecule has 3 rings (SSSR count). The molecule has 1 heterocycles. The number of anilines is 2. The predicted molar refractivity (Wildman–Crippen MR) is 77.3 cm³/mol. The SMILES string of the molecule is O=C1C[C@H](Nc2ccc(F)cc2)C(=O)N1c1ccc(F)cc1. The number of imide groups is 1. The number of nitrogens with zero attached hydrogens (tertiary/aromatic N) is 1. The molecule has 6 heteroatoms. The van der Waals surface area contributed by atoms with Crippen molar-refractivity contribution in [2.75, 3.05) is 10.2 Å². The summed E-state index contributed by atoms with van der Waals surface area (Å²) in [6.45, 7) is 0. The Morgan fingerprint density at radius 1 is 0.909 bits per heavy atom. The quantitative estimate of drug-likeness (QED) is 0.887. The number of amides is 2. The van der Waals surface area contributed by atoms with Crippen molar-refractivity contribution in [1.29, 1.82) is 0 Å². The van der Waals surface area contributed by atoms with Crippen LogP contribution in [0.1, 0.15) is 6.42 Å². The van der Waals surface area contributed by atoms with E-state index >= 15 is 0 Å². The number of hydrogen-bond acceptors (Lipinski definition) is 3. The van der Waals surface area contributed by atoms with Gasteiger partial charge in [0.2, 0.25) is 5.91 Å². The van der Waals surface area contributed by atoms with Crippen LogP contribution in [0.3, 0.4) is 0 Å². The fraction of sp³-hybridized carbons (Fsp3) is 0.125. The van der Waals surface area contributed by atoms with Crippen LogP contribution in [0, 0.1) is 11.6 Å². The van der Waals surface area contributed by atoms with Gasteiger partial charge in [-0.2, -0.15) is 0 Å². The standard InChI is InChI=1S/C16H12F2N2O2/c17-10-1-5-12(6-2-10)19-14-9-15(21)20(16(14)22)13-7-3-11(18)4-8-13/h1-8,14,19H,9H2/t14-/m0/s1. The van der Waals surface area contributed by atoms with Crippen molar-refractivity contribution in [3.63, 3.8) is 0 Å². The molecule has 0 spiro atoms. The molecule has 22 heavy (non-hydrogen) atoms. The van der Waals surface area contributed by atoms with Crippen LogP contribution in [0.15, 0.2) is 48.5 Å². The number of hydrogen-bond donors (Lipinski definition) is 1. The van der Waals surface area contributed by atoms with E-state index in [9.17, 15) is 18.4 Å². The molecule has 1 aliphatic rings. The summed E-state index contributed by atoms with van der Waals surface area (Å²) in [5, 5.41) is 2.91. The topological polar surface area (TPSA) is 49.4 Å². The molecule has 2 aromatic rings. The Morgan fingerprint density at radius 3 is 2.05 bits per heavy atom. The summed E-state index contributed by atoms with van der Waals surface area (Å²) in [5.74, 6) is -1.60. The Labute approximate surface area is 125 Å². The maximum Gasteiger partial charge on any atom is 0.256 e. The Hall–Kier alpha value is -2.76. The molecule has 1 fully saturated rings. The number of carbonyl (C=O) groups is 2. The highest BCUT2D eigenvalue weighted by Crippen LogP contribution is 2.25. The molecular weight excluding hydrogens is 290 g/mol. The van der Waals surface area contributed by atoms with Crippen LogP contribution in [-0.4, -0.2) is 17.9 Å². The lowest BCUT2D eigenvalue weighted by atomic mass is 10.2. The van der Waals surface area contributed by atoms with Gasteiger partial charge in [0.05, 0.1) is 12.1 Å². The van der Waals surface area contributed by atoms with E-state index in [1.165, 1.54) is 48.5 Å². The lowest BCUT2D eigenvalue weighted by Gasteiger charge is -2.16. The third kappa shape index (κ3) is 2.67. The molecule has 0 aromatic heterocycles. The van der Waals surface area contributed by atoms with E-state index in [0.717, 1.165) is 4.90 Å². The van der Waals surface area contributed by atoms with Crippen LogP contribution in [0.2, 0.25) is 0 Å². The van der Waals surface area contributed by atoms with Crippen LogP contribution in [0.4, 0.5) is 20.2 Å². The van der Waals surface area contributed by atoms with E-state index < -0.39 is 17.8 Å². The van der Waals surface area contributed by atoms with Gasteiger partial charge in [0.1, 0.15) is 17.7 Å². The second kappa shape index (κ2) is 5.55. The lowest BCUT2D eigenvalue weighted by Crippen LogP contribution is -2.34. The first-order valence-electron chi connectivity index (χ1n) is 6.69.